The summed E-state index contributed by atoms with van der Waals surface area (Å²) >= 11 is 1.93. The average Bonchev–Trinajstić information content (AvgIpc) is 3.20. The lowest BCUT2D eigenvalue weighted by atomic mass is 10.2. The zero-order valence-electron chi connectivity index (χ0n) is 16.8. The van der Waals surface area contributed by atoms with Gasteiger partial charge < -0.3 is 10.2 Å². The molecule has 0 amide bonds. The molecule has 2 unspecified atom stereocenters. The van der Waals surface area contributed by atoms with Gasteiger partial charge in [-0.3, -0.25) is 9.20 Å². The predicted molar refractivity (Wildman–Crippen MR) is 137 cm³/mol. The van der Waals surface area contributed by atoms with E-state index in [4.69, 9.17) is 0 Å². The minimum atomic E-state index is -0.862. The van der Waals surface area contributed by atoms with Crippen LogP contribution in [0.15, 0.2) is 70.6 Å². The van der Waals surface area contributed by atoms with Gasteiger partial charge in [0.25, 0.3) is 0 Å². The van der Waals surface area contributed by atoms with Gasteiger partial charge in [-0.05, 0) is 30.0 Å². The van der Waals surface area contributed by atoms with Gasteiger partial charge in [-0.1, -0.05) is 48.5 Å². The number of hydrogen-bond donors (Lipinski definition) is 1. The summed E-state index contributed by atoms with van der Waals surface area (Å²) in [6.07, 6.45) is 1.19. The first kappa shape index (κ1) is 24.2. The van der Waals surface area contributed by atoms with E-state index in [0.717, 1.165) is 30.4 Å². The van der Waals surface area contributed by atoms with Crippen molar-refractivity contribution in [2.75, 3.05) is 38.2 Å². The fourth-order valence-corrected chi connectivity index (χ4v) is 5.42. The van der Waals surface area contributed by atoms with Crippen LogP contribution < -0.4 is 5.32 Å². The van der Waals surface area contributed by atoms with Crippen molar-refractivity contribution in [1.29, 1.82) is 0 Å². The highest BCUT2D eigenvalue weighted by atomic mass is 127. The van der Waals surface area contributed by atoms with Gasteiger partial charge in [0.15, 0.2) is 5.96 Å². The number of benzene rings is 2. The Labute approximate surface area is 198 Å². The molecule has 29 heavy (non-hydrogen) atoms. The molecule has 4 nitrogen and oxygen atoms in total. The van der Waals surface area contributed by atoms with Crippen LogP contribution in [0.25, 0.3) is 0 Å². The average molecular weight is 544 g/mol. The first-order valence-electron chi connectivity index (χ1n) is 9.77. The molecule has 2 aromatic rings. The molecule has 1 N–H and O–H groups in total. The SMILES string of the molecule is CN=C(NCCS(=O)Cc1ccccc1)N1CCC(CSc2ccccc2)C1.I. The molecule has 0 radical (unpaired) electrons. The van der Waals surface area contributed by atoms with E-state index in [1.807, 2.05) is 49.1 Å². The van der Waals surface area contributed by atoms with Crippen molar-refractivity contribution in [3.63, 3.8) is 0 Å². The lowest BCUT2D eigenvalue weighted by Crippen LogP contribution is -2.41. The van der Waals surface area contributed by atoms with E-state index in [-0.39, 0.29) is 24.0 Å². The normalized spacial score (nSPS) is 17.6. The van der Waals surface area contributed by atoms with Crippen molar-refractivity contribution in [3.8, 4) is 0 Å². The van der Waals surface area contributed by atoms with E-state index in [1.165, 1.54) is 11.3 Å². The standard InChI is InChI=1S/C22H29N3OS2.HI/c1-23-22(24-13-15-28(26)18-19-8-4-2-5-9-19)25-14-12-20(16-25)17-27-21-10-6-3-7-11-21;/h2-11,20H,12-18H2,1H3,(H,23,24);1H. The Morgan fingerprint density at radius 3 is 2.55 bits per heavy atom. The third-order valence-corrected chi connectivity index (χ3v) is 7.37. The second kappa shape index (κ2) is 13.3. The van der Waals surface area contributed by atoms with Gasteiger partial charge in [0.2, 0.25) is 0 Å². The minimum Gasteiger partial charge on any atom is -0.355 e. The summed E-state index contributed by atoms with van der Waals surface area (Å²) in [5.74, 6) is 4.00. The van der Waals surface area contributed by atoms with E-state index >= 15 is 0 Å². The second-order valence-electron chi connectivity index (χ2n) is 6.97. The van der Waals surface area contributed by atoms with E-state index < -0.39 is 10.8 Å². The van der Waals surface area contributed by atoms with Crippen LogP contribution >= 0.6 is 35.7 Å². The molecule has 0 aliphatic carbocycles. The van der Waals surface area contributed by atoms with E-state index in [2.05, 4.69) is 45.5 Å². The molecule has 1 aliphatic rings. The van der Waals surface area contributed by atoms with Crippen LogP contribution in [0, 0.1) is 5.92 Å². The lowest BCUT2D eigenvalue weighted by Gasteiger charge is -2.21. The molecule has 0 aromatic heterocycles. The zero-order valence-corrected chi connectivity index (χ0v) is 20.8. The number of guanidine groups is 1. The summed E-state index contributed by atoms with van der Waals surface area (Å²) in [4.78, 5) is 8.10. The molecule has 0 bridgehead atoms. The largest absolute Gasteiger partial charge is 0.355 e. The molecular weight excluding hydrogens is 513 g/mol. The van der Waals surface area contributed by atoms with Crippen molar-refractivity contribution in [2.24, 2.45) is 10.9 Å². The number of nitrogens with one attached hydrogen (secondary N) is 1. The molecule has 3 rings (SSSR count). The molecule has 2 atom stereocenters. The quantitative estimate of drug-likeness (QED) is 0.234. The Hall–Kier alpha value is -1.06. The first-order valence-corrected chi connectivity index (χ1v) is 12.2. The Balaban J connectivity index is 0.00000300. The number of likely N-dealkylation sites (tertiary alicyclic amines) is 1. The third kappa shape index (κ3) is 8.30. The van der Waals surface area contributed by atoms with E-state index in [1.54, 1.807) is 0 Å². The van der Waals surface area contributed by atoms with Crippen LogP contribution in [0.5, 0.6) is 0 Å². The molecule has 0 saturated carbocycles. The third-order valence-electron chi connectivity index (χ3n) is 4.81. The van der Waals surface area contributed by atoms with Crippen LogP contribution in [0.4, 0.5) is 0 Å². The Bertz CT molecular complexity index is 774. The summed E-state index contributed by atoms with van der Waals surface area (Å²) in [7, 11) is 0.967. The number of hydrogen-bond acceptors (Lipinski definition) is 3. The monoisotopic (exact) mass is 543 g/mol. The molecule has 2 aromatic carbocycles. The van der Waals surface area contributed by atoms with Gasteiger partial charge in [-0.15, -0.1) is 35.7 Å². The predicted octanol–water partition coefficient (Wildman–Crippen LogP) is 4.24. The van der Waals surface area contributed by atoms with Gasteiger partial charge in [-0.2, -0.15) is 0 Å². The van der Waals surface area contributed by atoms with Crippen LogP contribution in [-0.4, -0.2) is 53.3 Å². The fraction of sp³-hybridized carbons (Fsp3) is 0.409. The molecular formula is C22H30IN3OS2. The van der Waals surface area contributed by atoms with Crippen LogP contribution in [0.2, 0.25) is 0 Å². The number of halogens is 1. The molecule has 1 fully saturated rings. The van der Waals surface area contributed by atoms with E-state index in [9.17, 15) is 4.21 Å². The van der Waals surface area contributed by atoms with Crippen molar-refractivity contribution >= 4 is 52.5 Å². The second-order valence-corrected chi connectivity index (χ2v) is 9.64. The first-order chi connectivity index (χ1) is 13.7. The van der Waals surface area contributed by atoms with E-state index in [0.29, 0.717) is 24.0 Å². The Morgan fingerprint density at radius 1 is 1.17 bits per heavy atom. The molecule has 0 spiro atoms. The number of nitrogens with zero attached hydrogens (tertiary/aromatic N) is 2. The number of rotatable bonds is 8. The zero-order chi connectivity index (χ0) is 19.6. The topological polar surface area (TPSA) is 44.7 Å². The van der Waals surface area contributed by atoms with Gasteiger partial charge in [0, 0.05) is 59.6 Å². The summed E-state index contributed by atoms with van der Waals surface area (Å²) in [5, 5.41) is 3.40. The summed E-state index contributed by atoms with van der Waals surface area (Å²) < 4.78 is 12.3. The van der Waals surface area contributed by atoms with Crippen molar-refractivity contribution < 1.29 is 4.21 Å². The number of aliphatic imine (C=N–C) groups is 1. The highest BCUT2D eigenvalue weighted by molar-refractivity contribution is 14.0. The van der Waals surface area contributed by atoms with Crippen molar-refractivity contribution in [1.82, 2.24) is 10.2 Å². The fourth-order valence-electron chi connectivity index (χ4n) is 3.33. The molecule has 1 saturated heterocycles. The van der Waals surface area contributed by atoms with Gasteiger partial charge in [0.05, 0.1) is 0 Å². The van der Waals surface area contributed by atoms with Crippen LogP contribution in [0.3, 0.4) is 0 Å². The smallest absolute Gasteiger partial charge is 0.193 e. The van der Waals surface area contributed by atoms with Gasteiger partial charge in [0.1, 0.15) is 0 Å². The van der Waals surface area contributed by atoms with Gasteiger partial charge >= 0.3 is 0 Å². The highest BCUT2D eigenvalue weighted by Gasteiger charge is 2.24. The van der Waals surface area contributed by atoms with Crippen molar-refractivity contribution in [2.45, 2.75) is 17.1 Å². The molecule has 158 valence electrons. The maximum atomic E-state index is 12.3. The summed E-state index contributed by atoms with van der Waals surface area (Å²) in [6.45, 7) is 2.76. The Kier molecular flexibility index (Phi) is 11.1. The maximum Gasteiger partial charge on any atom is 0.193 e. The van der Waals surface area contributed by atoms with Crippen LogP contribution in [-0.2, 0) is 16.6 Å². The maximum absolute atomic E-state index is 12.3. The summed E-state index contributed by atoms with van der Waals surface area (Å²) in [6, 6.07) is 20.6. The molecule has 1 heterocycles. The highest BCUT2D eigenvalue weighted by Crippen LogP contribution is 2.25. The molecule has 1 aliphatic heterocycles. The number of thioether (sulfide) groups is 1. The van der Waals surface area contributed by atoms with Crippen molar-refractivity contribution in [3.05, 3.63) is 66.2 Å². The van der Waals surface area contributed by atoms with Crippen LogP contribution in [0.1, 0.15) is 12.0 Å². The lowest BCUT2D eigenvalue weighted by molar-refractivity contribution is 0.476. The summed E-state index contributed by atoms with van der Waals surface area (Å²) in [5.41, 5.74) is 1.13. The van der Waals surface area contributed by atoms with Gasteiger partial charge in [-0.25, -0.2) is 0 Å². The molecule has 7 heteroatoms. The Morgan fingerprint density at radius 2 is 1.86 bits per heavy atom. The minimum absolute atomic E-state index is 0.